The van der Waals surface area contributed by atoms with E-state index in [0.717, 1.165) is 17.6 Å². The third-order valence-corrected chi connectivity index (χ3v) is 2.73. The molecular formula is C10H14N4. The summed E-state index contributed by atoms with van der Waals surface area (Å²) in [6.07, 6.45) is 6.18. The first kappa shape index (κ1) is 9.12. The third kappa shape index (κ3) is 1.27. The summed E-state index contributed by atoms with van der Waals surface area (Å²) in [7, 11) is 0. The van der Waals surface area contributed by atoms with Gasteiger partial charge in [-0.1, -0.05) is 6.92 Å². The van der Waals surface area contributed by atoms with Crippen molar-refractivity contribution < 1.29 is 0 Å². The highest BCUT2D eigenvalue weighted by Crippen LogP contribution is 2.22. The van der Waals surface area contributed by atoms with Crippen molar-refractivity contribution in [3.8, 4) is 0 Å². The number of aromatic nitrogens is 4. The highest BCUT2D eigenvalue weighted by Gasteiger charge is 2.20. The zero-order valence-electron chi connectivity index (χ0n) is 8.73. The molecule has 0 bridgehead atoms. The second-order valence-corrected chi connectivity index (χ2v) is 4.01. The summed E-state index contributed by atoms with van der Waals surface area (Å²) in [5.41, 5.74) is 1.82. The summed E-state index contributed by atoms with van der Waals surface area (Å²) < 4.78 is 2.10. The van der Waals surface area contributed by atoms with Gasteiger partial charge in [-0.05, 0) is 20.3 Å². The van der Waals surface area contributed by atoms with E-state index in [-0.39, 0.29) is 5.54 Å². The van der Waals surface area contributed by atoms with Crippen LogP contribution in [0, 0.1) is 0 Å². The van der Waals surface area contributed by atoms with E-state index in [1.54, 1.807) is 12.5 Å². The molecule has 74 valence electrons. The molecular weight excluding hydrogens is 176 g/mol. The maximum atomic E-state index is 4.27. The van der Waals surface area contributed by atoms with Gasteiger partial charge in [0.2, 0.25) is 0 Å². The van der Waals surface area contributed by atoms with Gasteiger partial charge in [0.25, 0.3) is 0 Å². The highest BCUT2D eigenvalue weighted by molar-refractivity contribution is 5.69. The SMILES string of the molecule is CCC(C)(C)n1cnc2cncnc21. The molecule has 0 spiro atoms. The van der Waals surface area contributed by atoms with Gasteiger partial charge in [0.05, 0.1) is 12.5 Å². The van der Waals surface area contributed by atoms with Crippen LogP contribution in [0.4, 0.5) is 0 Å². The normalized spacial score (nSPS) is 12.2. The first-order chi connectivity index (χ1) is 6.65. The Morgan fingerprint density at radius 3 is 2.86 bits per heavy atom. The Balaban J connectivity index is 2.64. The Morgan fingerprint density at radius 1 is 1.36 bits per heavy atom. The van der Waals surface area contributed by atoms with E-state index >= 15 is 0 Å². The number of hydrogen-bond donors (Lipinski definition) is 0. The van der Waals surface area contributed by atoms with Crippen molar-refractivity contribution in [1.82, 2.24) is 19.5 Å². The van der Waals surface area contributed by atoms with Gasteiger partial charge in [0.15, 0.2) is 5.65 Å². The van der Waals surface area contributed by atoms with E-state index in [0.29, 0.717) is 0 Å². The van der Waals surface area contributed by atoms with Crippen LogP contribution in [-0.4, -0.2) is 19.5 Å². The smallest absolute Gasteiger partial charge is 0.163 e. The molecule has 4 nitrogen and oxygen atoms in total. The van der Waals surface area contributed by atoms with E-state index in [4.69, 9.17) is 0 Å². The van der Waals surface area contributed by atoms with Crippen molar-refractivity contribution in [1.29, 1.82) is 0 Å². The summed E-state index contributed by atoms with van der Waals surface area (Å²) in [6, 6.07) is 0. The summed E-state index contributed by atoms with van der Waals surface area (Å²) in [6.45, 7) is 6.51. The largest absolute Gasteiger partial charge is 0.310 e. The zero-order valence-corrected chi connectivity index (χ0v) is 8.73. The van der Waals surface area contributed by atoms with Crippen molar-refractivity contribution in [3.63, 3.8) is 0 Å². The Bertz CT molecular complexity index is 444. The lowest BCUT2D eigenvalue weighted by atomic mass is 10.0. The molecule has 0 saturated carbocycles. The fourth-order valence-corrected chi connectivity index (χ4v) is 1.38. The van der Waals surface area contributed by atoms with Crippen molar-refractivity contribution in [2.24, 2.45) is 0 Å². The Hall–Kier alpha value is -1.45. The summed E-state index contributed by atoms with van der Waals surface area (Å²) in [5, 5.41) is 0. The second-order valence-electron chi connectivity index (χ2n) is 4.01. The Kier molecular flexibility index (Phi) is 1.98. The molecule has 0 aliphatic carbocycles. The molecule has 2 heterocycles. The average molecular weight is 190 g/mol. The van der Waals surface area contributed by atoms with E-state index in [9.17, 15) is 0 Å². The van der Waals surface area contributed by atoms with Gasteiger partial charge in [0, 0.05) is 5.54 Å². The molecule has 0 atom stereocenters. The van der Waals surface area contributed by atoms with Crippen LogP contribution < -0.4 is 0 Å². The van der Waals surface area contributed by atoms with E-state index < -0.39 is 0 Å². The van der Waals surface area contributed by atoms with Crippen LogP contribution >= 0.6 is 0 Å². The van der Waals surface area contributed by atoms with Crippen LogP contribution in [0.2, 0.25) is 0 Å². The van der Waals surface area contributed by atoms with Crippen LogP contribution in [0.5, 0.6) is 0 Å². The first-order valence-electron chi connectivity index (χ1n) is 4.78. The lowest BCUT2D eigenvalue weighted by Crippen LogP contribution is -2.24. The number of imidazole rings is 1. The molecule has 0 amide bonds. The van der Waals surface area contributed by atoms with Gasteiger partial charge in [0.1, 0.15) is 11.8 Å². The molecule has 0 aromatic carbocycles. The maximum Gasteiger partial charge on any atom is 0.163 e. The minimum atomic E-state index is 0.0586. The number of fused-ring (bicyclic) bond motifs is 1. The molecule has 0 aliphatic rings. The second kappa shape index (κ2) is 3.04. The molecule has 0 unspecified atom stereocenters. The molecule has 0 radical (unpaired) electrons. The number of hydrogen-bond acceptors (Lipinski definition) is 3. The average Bonchev–Trinajstić information content (AvgIpc) is 2.61. The van der Waals surface area contributed by atoms with Crippen molar-refractivity contribution >= 4 is 11.2 Å². The molecule has 2 aromatic rings. The highest BCUT2D eigenvalue weighted by atomic mass is 15.2. The van der Waals surface area contributed by atoms with E-state index in [1.165, 1.54) is 0 Å². The monoisotopic (exact) mass is 190 g/mol. The quantitative estimate of drug-likeness (QED) is 0.727. The molecule has 0 fully saturated rings. The fourth-order valence-electron chi connectivity index (χ4n) is 1.38. The van der Waals surface area contributed by atoms with Crippen LogP contribution in [0.3, 0.4) is 0 Å². The molecule has 14 heavy (non-hydrogen) atoms. The lowest BCUT2D eigenvalue weighted by molar-refractivity contribution is 0.350. The minimum absolute atomic E-state index is 0.0586. The van der Waals surface area contributed by atoms with Crippen LogP contribution in [-0.2, 0) is 5.54 Å². The van der Waals surface area contributed by atoms with E-state index in [1.807, 2.05) is 6.33 Å². The van der Waals surface area contributed by atoms with Crippen LogP contribution in [0.25, 0.3) is 11.2 Å². The molecule has 2 aromatic heterocycles. The molecule has 0 aliphatic heterocycles. The fraction of sp³-hybridized carbons (Fsp3) is 0.500. The zero-order chi connectivity index (χ0) is 10.2. The topological polar surface area (TPSA) is 43.6 Å². The summed E-state index contributed by atoms with van der Waals surface area (Å²) in [4.78, 5) is 12.5. The van der Waals surface area contributed by atoms with Gasteiger partial charge in [-0.15, -0.1) is 0 Å². The third-order valence-electron chi connectivity index (χ3n) is 2.73. The molecule has 4 heteroatoms. The summed E-state index contributed by atoms with van der Waals surface area (Å²) >= 11 is 0. The molecule has 0 saturated heterocycles. The predicted octanol–water partition coefficient (Wildman–Crippen LogP) is 1.97. The van der Waals surface area contributed by atoms with Gasteiger partial charge in [-0.25, -0.2) is 15.0 Å². The molecule has 2 rings (SSSR count). The van der Waals surface area contributed by atoms with Crippen molar-refractivity contribution in [3.05, 3.63) is 18.9 Å². The standard InChI is InChI=1S/C10H14N4/c1-4-10(2,3)14-7-13-8-5-11-6-12-9(8)14/h5-7H,4H2,1-3H3. The predicted molar refractivity (Wildman–Crippen MR) is 54.9 cm³/mol. The van der Waals surface area contributed by atoms with Gasteiger partial charge >= 0.3 is 0 Å². The van der Waals surface area contributed by atoms with E-state index in [2.05, 4.69) is 40.3 Å². The maximum absolute atomic E-state index is 4.27. The molecule has 0 N–H and O–H groups in total. The summed E-state index contributed by atoms with van der Waals surface area (Å²) in [5.74, 6) is 0. The minimum Gasteiger partial charge on any atom is -0.310 e. The lowest BCUT2D eigenvalue weighted by Gasteiger charge is -2.24. The van der Waals surface area contributed by atoms with Crippen molar-refractivity contribution in [2.45, 2.75) is 32.7 Å². The number of nitrogens with zero attached hydrogens (tertiary/aromatic N) is 4. The van der Waals surface area contributed by atoms with Gasteiger partial charge in [-0.2, -0.15) is 0 Å². The van der Waals surface area contributed by atoms with Crippen LogP contribution in [0.1, 0.15) is 27.2 Å². The van der Waals surface area contributed by atoms with Gasteiger partial charge < -0.3 is 4.57 Å². The first-order valence-corrected chi connectivity index (χ1v) is 4.78. The van der Waals surface area contributed by atoms with Crippen molar-refractivity contribution in [2.75, 3.05) is 0 Å². The Labute approximate surface area is 83.0 Å². The van der Waals surface area contributed by atoms with Crippen LogP contribution in [0.15, 0.2) is 18.9 Å². The number of rotatable bonds is 2. The Morgan fingerprint density at radius 2 is 2.14 bits per heavy atom. The van der Waals surface area contributed by atoms with Gasteiger partial charge in [-0.3, -0.25) is 0 Å².